The highest BCUT2D eigenvalue weighted by atomic mass is 35.5. The number of hydrogen-bond donors (Lipinski definition) is 1. The van der Waals surface area contributed by atoms with E-state index in [2.05, 4.69) is 5.09 Å². The van der Waals surface area contributed by atoms with Crippen molar-refractivity contribution in [3.05, 3.63) is 95.5 Å². The predicted octanol–water partition coefficient (Wildman–Crippen LogP) is 4.36. The van der Waals surface area contributed by atoms with E-state index in [4.69, 9.17) is 11.6 Å². The van der Waals surface area contributed by atoms with Crippen molar-refractivity contribution in [1.29, 1.82) is 0 Å². The Labute approximate surface area is 141 Å². The average Bonchev–Trinajstić information content (AvgIpc) is 2.62. The zero-order valence-electron chi connectivity index (χ0n) is 12.5. The van der Waals surface area contributed by atoms with Gasteiger partial charge in [-0.2, -0.15) is 0 Å². The maximum atomic E-state index is 13.7. The summed E-state index contributed by atoms with van der Waals surface area (Å²) in [7, 11) is -2.88. The second-order valence-electron chi connectivity index (χ2n) is 5.24. The molecule has 0 amide bonds. The van der Waals surface area contributed by atoms with E-state index in [0.717, 1.165) is 16.2 Å². The lowest BCUT2D eigenvalue weighted by atomic mass is 10.2. The van der Waals surface area contributed by atoms with E-state index < -0.39 is 7.29 Å². The molecule has 3 aromatic carbocycles. The molecule has 0 atom stereocenters. The second-order valence-corrected chi connectivity index (χ2v) is 8.25. The van der Waals surface area contributed by atoms with Crippen molar-refractivity contribution in [2.45, 2.75) is 6.54 Å². The summed E-state index contributed by atoms with van der Waals surface area (Å²) in [5, 5.41) is 5.59. The van der Waals surface area contributed by atoms with E-state index in [-0.39, 0.29) is 0 Å². The first-order valence-corrected chi connectivity index (χ1v) is 9.48. The number of hydrogen-bond acceptors (Lipinski definition) is 1. The Kier molecular flexibility index (Phi) is 4.97. The van der Waals surface area contributed by atoms with Crippen molar-refractivity contribution in [1.82, 2.24) is 5.09 Å². The van der Waals surface area contributed by atoms with Crippen molar-refractivity contribution >= 4 is 29.5 Å². The Hall–Kier alpha value is -1.86. The second kappa shape index (κ2) is 7.14. The predicted molar refractivity (Wildman–Crippen MR) is 98.1 cm³/mol. The van der Waals surface area contributed by atoms with Gasteiger partial charge in [-0.1, -0.05) is 60.1 Å². The van der Waals surface area contributed by atoms with Gasteiger partial charge in [0, 0.05) is 22.2 Å². The zero-order chi connectivity index (χ0) is 16.1. The lowest BCUT2D eigenvalue weighted by Gasteiger charge is -2.20. The minimum absolute atomic E-state index is 0.512. The molecular formula is C19H17ClNOP. The maximum absolute atomic E-state index is 13.7. The minimum Gasteiger partial charge on any atom is -0.297 e. The zero-order valence-corrected chi connectivity index (χ0v) is 14.2. The molecule has 23 heavy (non-hydrogen) atoms. The van der Waals surface area contributed by atoms with Crippen LogP contribution in [0, 0.1) is 0 Å². The van der Waals surface area contributed by atoms with Gasteiger partial charge in [0.2, 0.25) is 7.29 Å². The van der Waals surface area contributed by atoms with Crippen LogP contribution in [0.25, 0.3) is 0 Å². The van der Waals surface area contributed by atoms with E-state index in [1.54, 1.807) is 0 Å². The van der Waals surface area contributed by atoms with Crippen LogP contribution in [-0.4, -0.2) is 0 Å². The fourth-order valence-corrected chi connectivity index (χ4v) is 4.79. The van der Waals surface area contributed by atoms with Gasteiger partial charge in [0.05, 0.1) is 0 Å². The molecule has 4 heteroatoms. The van der Waals surface area contributed by atoms with Crippen LogP contribution >= 0.6 is 18.9 Å². The summed E-state index contributed by atoms with van der Waals surface area (Å²) in [5.41, 5.74) is 1.04. The molecule has 0 radical (unpaired) electrons. The van der Waals surface area contributed by atoms with E-state index in [0.29, 0.717) is 11.6 Å². The third-order valence-electron chi connectivity index (χ3n) is 3.66. The first-order chi connectivity index (χ1) is 11.2. The topological polar surface area (TPSA) is 29.1 Å². The lowest BCUT2D eigenvalue weighted by molar-refractivity contribution is 0.578. The summed E-state index contributed by atoms with van der Waals surface area (Å²) in [6, 6.07) is 26.7. The molecule has 116 valence electrons. The standard InChI is InChI=1S/C19H17ClNOP/c20-17-13-11-16(12-14-17)15-21-23(22,18-7-3-1-4-8-18)19-9-5-2-6-10-19/h1-14H,15H2,(H,21,22). The van der Waals surface area contributed by atoms with Gasteiger partial charge in [-0.3, -0.25) is 9.65 Å². The van der Waals surface area contributed by atoms with Crippen LogP contribution in [0.2, 0.25) is 5.02 Å². The SMILES string of the molecule is O=P(NCc1ccc(Cl)cc1)(c1ccccc1)c1ccccc1. The van der Waals surface area contributed by atoms with E-state index in [1.165, 1.54) is 0 Å². The highest BCUT2D eigenvalue weighted by molar-refractivity contribution is 7.76. The number of nitrogens with one attached hydrogen (secondary N) is 1. The van der Waals surface area contributed by atoms with Gasteiger partial charge in [-0.25, -0.2) is 0 Å². The van der Waals surface area contributed by atoms with Gasteiger partial charge >= 0.3 is 0 Å². The lowest BCUT2D eigenvalue weighted by Crippen LogP contribution is -2.27. The molecule has 0 aliphatic rings. The monoisotopic (exact) mass is 341 g/mol. The van der Waals surface area contributed by atoms with Crippen LogP contribution < -0.4 is 15.7 Å². The van der Waals surface area contributed by atoms with Crippen LogP contribution in [0.4, 0.5) is 0 Å². The van der Waals surface area contributed by atoms with E-state index in [1.807, 2.05) is 84.9 Å². The molecule has 3 aromatic rings. The normalized spacial score (nSPS) is 11.3. The molecular weight excluding hydrogens is 325 g/mol. The molecule has 0 saturated heterocycles. The summed E-state index contributed by atoms with van der Waals surface area (Å²) >= 11 is 5.92. The van der Waals surface area contributed by atoms with Crippen molar-refractivity contribution in [3.63, 3.8) is 0 Å². The van der Waals surface area contributed by atoms with Crippen molar-refractivity contribution in [3.8, 4) is 0 Å². The molecule has 0 unspecified atom stereocenters. The van der Waals surface area contributed by atoms with Gasteiger partial charge in [-0.15, -0.1) is 0 Å². The Bertz CT molecular complexity index is 760. The number of benzene rings is 3. The molecule has 0 fully saturated rings. The van der Waals surface area contributed by atoms with Crippen molar-refractivity contribution < 1.29 is 4.57 Å². The van der Waals surface area contributed by atoms with E-state index >= 15 is 0 Å². The quantitative estimate of drug-likeness (QED) is 0.699. The molecule has 3 rings (SSSR count). The van der Waals surface area contributed by atoms with Crippen LogP contribution in [0.15, 0.2) is 84.9 Å². The van der Waals surface area contributed by atoms with Gasteiger partial charge in [-0.05, 0) is 42.0 Å². The summed E-state index contributed by atoms with van der Waals surface area (Å²) in [5.74, 6) is 0. The van der Waals surface area contributed by atoms with Crippen molar-refractivity contribution in [2.24, 2.45) is 0 Å². The summed E-state index contributed by atoms with van der Waals surface area (Å²) in [6.07, 6.45) is 0. The third-order valence-corrected chi connectivity index (χ3v) is 6.56. The molecule has 0 bridgehead atoms. The Morgan fingerprint density at radius 1 is 0.739 bits per heavy atom. The Morgan fingerprint density at radius 3 is 1.70 bits per heavy atom. The highest BCUT2D eigenvalue weighted by Crippen LogP contribution is 2.38. The van der Waals surface area contributed by atoms with Crippen molar-refractivity contribution in [2.75, 3.05) is 0 Å². The Balaban J connectivity index is 1.93. The molecule has 1 N–H and O–H groups in total. The fraction of sp³-hybridized carbons (Fsp3) is 0.0526. The molecule has 2 nitrogen and oxygen atoms in total. The minimum atomic E-state index is -2.88. The van der Waals surface area contributed by atoms with Gasteiger partial charge in [0.25, 0.3) is 0 Å². The molecule has 0 aromatic heterocycles. The van der Waals surface area contributed by atoms with Gasteiger partial charge in [0.15, 0.2) is 0 Å². The molecule has 0 spiro atoms. The first-order valence-electron chi connectivity index (χ1n) is 7.39. The van der Waals surface area contributed by atoms with Gasteiger partial charge in [0.1, 0.15) is 0 Å². The van der Waals surface area contributed by atoms with Crippen LogP contribution in [0.5, 0.6) is 0 Å². The third kappa shape index (κ3) is 3.73. The summed E-state index contributed by atoms with van der Waals surface area (Å²) < 4.78 is 13.7. The summed E-state index contributed by atoms with van der Waals surface area (Å²) in [6.45, 7) is 0.512. The largest absolute Gasteiger partial charge is 0.297 e. The summed E-state index contributed by atoms with van der Waals surface area (Å²) in [4.78, 5) is 0. The first kappa shape index (κ1) is 16.0. The number of halogens is 1. The molecule has 0 saturated carbocycles. The fourth-order valence-electron chi connectivity index (χ4n) is 2.41. The van der Waals surface area contributed by atoms with Crippen LogP contribution in [-0.2, 0) is 11.1 Å². The molecule has 0 aliphatic heterocycles. The van der Waals surface area contributed by atoms with Gasteiger partial charge < -0.3 is 0 Å². The van der Waals surface area contributed by atoms with Crippen LogP contribution in [0.3, 0.4) is 0 Å². The van der Waals surface area contributed by atoms with E-state index in [9.17, 15) is 4.57 Å². The van der Waals surface area contributed by atoms with Crippen LogP contribution in [0.1, 0.15) is 5.56 Å². The average molecular weight is 342 g/mol. The number of rotatable bonds is 5. The smallest absolute Gasteiger partial charge is 0.204 e. The maximum Gasteiger partial charge on any atom is 0.204 e. The Morgan fingerprint density at radius 2 is 1.22 bits per heavy atom. The highest BCUT2D eigenvalue weighted by Gasteiger charge is 2.26. The molecule has 0 aliphatic carbocycles. The molecule has 0 heterocycles.